The Balaban J connectivity index is 1.54. The molecule has 0 atom stereocenters. The van der Waals surface area contributed by atoms with E-state index in [1.165, 1.54) is 88.1 Å². The second kappa shape index (κ2) is 7.83. The van der Waals surface area contributed by atoms with Gasteiger partial charge in [0, 0.05) is 17.5 Å². The van der Waals surface area contributed by atoms with Crippen LogP contribution >= 0.6 is 0 Å². The van der Waals surface area contributed by atoms with Gasteiger partial charge in [-0.25, -0.2) is 0 Å². The molecule has 1 saturated carbocycles. The summed E-state index contributed by atoms with van der Waals surface area (Å²) in [6.07, 6.45) is 7.91. The number of rotatable bonds is 3. The van der Waals surface area contributed by atoms with E-state index in [1.807, 2.05) is 0 Å². The third-order valence-electron chi connectivity index (χ3n) is 9.41. The maximum Gasteiger partial charge on any atom is 0.256 e. The lowest BCUT2D eigenvalue weighted by atomic mass is 9.66. The first-order valence-electron chi connectivity index (χ1n) is 13.1. The smallest absolute Gasteiger partial charge is 0.256 e. The van der Waals surface area contributed by atoms with E-state index in [0.29, 0.717) is 11.3 Å². The number of fused-ring (bicyclic) bond motifs is 3. The van der Waals surface area contributed by atoms with Gasteiger partial charge in [-0.05, 0) is 79.0 Å². The molecule has 0 unspecified atom stereocenters. The number of ether oxygens (including phenoxy) is 1. The van der Waals surface area contributed by atoms with E-state index in [2.05, 4.69) is 87.8 Å². The zero-order chi connectivity index (χ0) is 23.6. The summed E-state index contributed by atoms with van der Waals surface area (Å²) in [5, 5.41) is 3.86. The molecule has 3 aromatic carbocycles. The first-order chi connectivity index (χ1) is 16.5. The third-order valence-corrected chi connectivity index (χ3v) is 9.41. The monoisotopic (exact) mass is 450 g/mol. The molecule has 1 aromatic heterocycles. The normalized spacial score (nSPS) is 17.1. The van der Waals surface area contributed by atoms with E-state index in [4.69, 9.17) is 4.74 Å². The average molecular weight is 451 g/mol. The highest BCUT2D eigenvalue weighted by molar-refractivity contribution is 6.05. The van der Waals surface area contributed by atoms with Crippen molar-refractivity contribution in [3.8, 4) is 22.8 Å². The van der Waals surface area contributed by atoms with Gasteiger partial charge in [0.05, 0.1) is 10.9 Å². The van der Waals surface area contributed by atoms with Crippen LogP contribution in [0.1, 0.15) is 75.0 Å². The van der Waals surface area contributed by atoms with Crippen LogP contribution in [0.4, 0.5) is 0 Å². The van der Waals surface area contributed by atoms with Gasteiger partial charge >= 0.3 is 0 Å². The summed E-state index contributed by atoms with van der Waals surface area (Å²) in [4.78, 5) is 0. The summed E-state index contributed by atoms with van der Waals surface area (Å²) in [6.45, 7) is 9.25. The van der Waals surface area contributed by atoms with Crippen LogP contribution in [-0.2, 0) is 7.05 Å². The van der Waals surface area contributed by atoms with Crippen molar-refractivity contribution in [3.63, 3.8) is 0 Å². The number of hydrogen-bond donors (Lipinski definition) is 0. The zero-order valence-corrected chi connectivity index (χ0v) is 21.3. The summed E-state index contributed by atoms with van der Waals surface area (Å²) < 4.78 is 9.01. The predicted octanol–water partition coefficient (Wildman–Crippen LogP) is 8.67. The van der Waals surface area contributed by atoms with Crippen LogP contribution in [0.3, 0.4) is 0 Å². The van der Waals surface area contributed by atoms with Gasteiger partial charge in [0.2, 0.25) is 5.52 Å². The Morgan fingerprint density at radius 3 is 2.41 bits per heavy atom. The highest BCUT2D eigenvalue weighted by atomic mass is 16.5. The number of hydrogen-bond acceptors (Lipinski definition) is 1. The van der Waals surface area contributed by atoms with Gasteiger partial charge in [-0.1, -0.05) is 57.0 Å². The number of benzene rings is 3. The van der Waals surface area contributed by atoms with E-state index in [1.54, 1.807) is 0 Å². The molecule has 4 aromatic rings. The third kappa shape index (κ3) is 3.04. The molecule has 2 aliphatic rings. The van der Waals surface area contributed by atoms with Crippen LogP contribution in [0.15, 0.2) is 48.5 Å². The second-order valence-electron chi connectivity index (χ2n) is 10.8. The van der Waals surface area contributed by atoms with Crippen molar-refractivity contribution in [2.24, 2.45) is 12.5 Å². The predicted molar refractivity (Wildman–Crippen MR) is 142 cm³/mol. The number of aromatic nitrogens is 1. The summed E-state index contributed by atoms with van der Waals surface area (Å²) >= 11 is 0. The van der Waals surface area contributed by atoms with Gasteiger partial charge in [-0.15, -0.1) is 0 Å². The fraction of sp³-hybridized carbons (Fsp3) is 0.406. The molecule has 2 nitrogen and oxygen atoms in total. The first-order valence-corrected chi connectivity index (χ1v) is 13.1. The van der Waals surface area contributed by atoms with Crippen molar-refractivity contribution < 1.29 is 9.30 Å². The van der Waals surface area contributed by atoms with E-state index in [9.17, 15) is 0 Å². The van der Waals surface area contributed by atoms with Crippen LogP contribution in [0.25, 0.3) is 32.9 Å². The summed E-state index contributed by atoms with van der Waals surface area (Å²) in [7, 11) is 2.22. The molecule has 174 valence electrons. The van der Waals surface area contributed by atoms with Crippen molar-refractivity contribution in [1.29, 1.82) is 0 Å². The molecule has 2 heterocycles. The summed E-state index contributed by atoms with van der Waals surface area (Å²) in [5.74, 6) is 2.60. The number of aryl methyl sites for hydroxylation is 2. The lowest BCUT2D eigenvalue weighted by Crippen LogP contribution is -2.34. The molecule has 1 aliphatic carbocycles. The van der Waals surface area contributed by atoms with Crippen molar-refractivity contribution in [2.75, 3.05) is 0 Å². The zero-order valence-electron chi connectivity index (χ0n) is 21.3. The first kappa shape index (κ1) is 21.6. The molecule has 34 heavy (non-hydrogen) atoms. The highest BCUT2D eigenvalue weighted by Gasteiger charge is 2.35. The van der Waals surface area contributed by atoms with E-state index in [-0.39, 0.29) is 0 Å². The van der Waals surface area contributed by atoms with Gasteiger partial charge in [0.25, 0.3) is 5.69 Å². The van der Waals surface area contributed by atoms with Gasteiger partial charge < -0.3 is 4.74 Å². The SMILES string of the molecule is CCC1(CC)CCC(c2cccc3c2cc2c([n+]3C)-c3c(C)c(C)cc4cccc(c34)O2)CC1. The van der Waals surface area contributed by atoms with Crippen molar-refractivity contribution in [3.05, 3.63) is 65.2 Å². The van der Waals surface area contributed by atoms with Crippen molar-refractivity contribution in [1.82, 2.24) is 0 Å². The van der Waals surface area contributed by atoms with E-state index in [0.717, 1.165) is 11.5 Å². The molecule has 0 saturated heterocycles. The molecule has 0 radical (unpaired) electrons. The van der Waals surface area contributed by atoms with Gasteiger partial charge in [-0.3, -0.25) is 0 Å². The molecule has 1 fully saturated rings. The summed E-state index contributed by atoms with van der Waals surface area (Å²) in [5.41, 5.74) is 8.58. The lowest BCUT2D eigenvalue weighted by molar-refractivity contribution is -0.633. The van der Waals surface area contributed by atoms with Gasteiger partial charge in [0.15, 0.2) is 5.75 Å². The van der Waals surface area contributed by atoms with Gasteiger partial charge in [-0.2, -0.15) is 4.57 Å². The molecule has 0 amide bonds. The van der Waals surface area contributed by atoms with Gasteiger partial charge in [0.1, 0.15) is 12.8 Å². The van der Waals surface area contributed by atoms with Crippen LogP contribution in [-0.4, -0.2) is 0 Å². The summed E-state index contributed by atoms with van der Waals surface area (Å²) in [6, 6.07) is 18.0. The Morgan fingerprint density at radius 1 is 0.941 bits per heavy atom. The average Bonchev–Trinajstić information content (AvgIpc) is 2.86. The van der Waals surface area contributed by atoms with Crippen LogP contribution in [0.2, 0.25) is 0 Å². The molecule has 0 N–H and O–H groups in total. The van der Waals surface area contributed by atoms with Crippen molar-refractivity contribution in [2.45, 2.75) is 72.1 Å². The molecule has 0 spiro atoms. The van der Waals surface area contributed by atoms with Crippen LogP contribution in [0, 0.1) is 19.3 Å². The lowest BCUT2D eigenvalue weighted by Gasteiger charge is -2.39. The van der Waals surface area contributed by atoms with Crippen LogP contribution in [0.5, 0.6) is 11.5 Å². The van der Waals surface area contributed by atoms with Crippen LogP contribution < -0.4 is 9.30 Å². The Labute approximate surface area is 203 Å². The minimum atomic E-state index is 0.561. The minimum Gasteiger partial charge on any atom is -0.450 e. The molecule has 1 aliphatic heterocycles. The fourth-order valence-electron chi connectivity index (χ4n) is 6.89. The minimum absolute atomic E-state index is 0.561. The topological polar surface area (TPSA) is 13.1 Å². The molecule has 0 bridgehead atoms. The number of pyridine rings is 1. The molecular formula is C32H36NO+. The fourth-order valence-corrected chi connectivity index (χ4v) is 6.89. The van der Waals surface area contributed by atoms with E-state index < -0.39 is 0 Å². The standard InChI is InChI=1S/C32H36NO/c1-6-32(7-2)16-14-22(15-17-32)24-11-9-12-26-25(24)19-28-31(33(26)5)29-21(4)20(3)18-23-10-8-13-27(34-28)30(23)29/h8-13,18-19,22H,6-7,14-17H2,1-5H3/q+1. The second-order valence-corrected chi connectivity index (χ2v) is 10.8. The highest BCUT2D eigenvalue weighted by Crippen LogP contribution is 2.50. The Bertz CT molecular complexity index is 1430. The molecule has 6 rings (SSSR count). The number of nitrogens with zero attached hydrogens (tertiary/aromatic N) is 1. The quantitative estimate of drug-likeness (QED) is 0.251. The molecule has 2 heteroatoms. The van der Waals surface area contributed by atoms with E-state index >= 15 is 0 Å². The molecular weight excluding hydrogens is 414 g/mol. The largest absolute Gasteiger partial charge is 0.450 e. The Kier molecular flexibility index (Phi) is 4.99. The Hall–Kier alpha value is -2.87. The van der Waals surface area contributed by atoms with Crippen molar-refractivity contribution >= 4 is 21.7 Å². The Morgan fingerprint density at radius 2 is 1.68 bits per heavy atom. The maximum absolute atomic E-state index is 6.62. The maximum atomic E-state index is 6.62.